The van der Waals surface area contributed by atoms with Crippen LogP contribution in [0.15, 0.2) is 28.7 Å². The van der Waals surface area contributed by atoms with E-state index in [4.69, 9.17) is 9.47 Å². The second-order valence-corrected chi connectivity index (χ2v) is 6.34. The minimum atomic E-state index is -0.306. The third-order valence-electron chi connectivity index (χ3n) is 2.86. The second-order valence-electron chi connectivity index (χ2n) is 4.37. The van der Waals surface area contributed by atoms with Gasteiger partial charge in [0.25, 0.3) is 5.24 Å². The molecule has 1 heterocycles. The minimum Gasteiger partial charge on any atom is -0.490 e. The number of hydrogen-bond acceptors (Lipinski definition) is 5. The first-order valence-electron chi connectivity index (χ1n) is 6.61. The molecule has 114 valence electrons. The van der Waals surface area contributed by atoms with E-state index in [2.05, 4.69) is 15.9 Å². The fourth-order valence-electron chi connectivity index (χ4n) is 1.77. The van der Waals surface area contributed by atoms with Gasteiger partial charge in [0.05, 0.1) is 6.42 Å². The third-order valence-corrected chi connectivity index (χ3v) is 4.28. The highest BCUT2D eigenvalue weighted by Gasteiger charge is 2.21. The zero-order chi connectivity index (χ0) is 15.1. The Balaban J connectivity index is 1.56. The van der Waals surface area contributed by atoms with Gasteiger partial charge in [-0.3, -0.25) is 9.59 Å². The van der Waals surface area contributed by atoms with E-state index >= 15 is 0 Å². The molecular weight excluding hydrogens is 358 g/mol. The maximum absolute atomic E-state index is 11.5. The molecule has 21 heavy (non-hydrogen) atoms. The van der Waals surface area contributed by atoms with E-state index in [1.54, 1.807) is 4.90 Å². The molecule has 0 bridgehead atoms. The quantitative estimate of drug-likeness (QED) is 0.543. The highest BCUT2D eigenvalue weighted by Crippen LogP contribution is 2.17. The Labute approximate surface area is 136 Å². The summed E-state index contributed by atoms with van der Waals surface area (Å²) in [5, 5.41) is 0.0429. The van der Waals surface area contributed by atoms with Gasteiger partial charge in [-0.25, -0.2) is 0 Å². The summed E-state index contributed by atoms with van der Waals surface area (Å²) in [4.78, 5) is 24.5. The number of benzene rings is 1. The summed E-state index contributed by atoms with van der Waals surface area (Å²) in [6, 6.07) is 7.43. The number of carbonyl (C=O) groups excluding carboxylic acids is 2. The summed E-state index contributed by atoms with van der Waals surface area (Å²) in [6.07, 6.45) is 0.227. The average Bonchev–Trinajstić information content (AvgIpc) is 2.89. The minimum absolute atomic E-state index is 0.0429. The van der Waals surface area contributed by atoms with Crippen LogP contribution in [0.25, 0.3) is 0 Å². The van der Waals surface area contributed by atoms with Crippen molar-refractivity contribution in [2.24, 2.45) is 0 Å². The number of nitrogens with zero attached hydrogens (tertiary/aromatic N) is 1. The summed E-state index contributed by atoms with van der Waals surface area (Å²) in [7, 11) is 0. The number of amides is 1. The van der Waals surface area contributed by atoms with Crippen molar-refractivity contribution in [3.63, 3.8) is 0 Å². The molecule has 0 spiro atoms. The maximum atomic E-state index is 11.5. The van der Waals surface area contributed by atoms with E-state index in [9.17, 15) is 9.59 Å². The molecular formula is C14H16BrNO4S. The Bertz CT molecular complexity index is 494. The number of halogens is 1. The first kappa shape index (κ1) is 16.2. The van der Waals surface area contributed by atoms with Crippen LogP contribution in [0.4, 0.5) is 4.79 Å². The molecule has 1 saturated heterocycles. The van der Waals surface area contributed by atoms with Crippen LogP contribution in [0.2, 0.25) is 0 Å². The van der Waals surface area contributed by atoms with E-state index in [0.29, 0.717) is 19.7 Å². The Morgan fingerprint density at radius 1 is 1.29 bits per heavy atom. The average molecular weight is 374 g/mol. The molecule has 1 aliphatic heterocycles. The first-order valence-corrected chi connectivity index (χ1v) is 8.39. The van der Waals surface area contributed by atoms with Gasteiger partial charge in [0.15, 0.2) is 0 Å². The maximum Gasteiger partial charge on any atom is 0.307 e. The van der Waals surface area contributed by atoms with E-state index in [1.165, 1.54) is 11.8 Å². The van der Waals surface area contributed by atoms with Crippen molar-refractivity contribution in [1.29, 1.82) is 0 Å². The number of rotatable bonds is 7. The largest absolute Gasteiger partial charge is 0.490 e. The first-order chi connectivity index (χ1) is 10.1. The molecule has 0 unspecified atom stereocenters. The molecule has 1 aromatic rings. The van der Waals surface area contributed by atoms with Crippen molar-refractivity contribution in [3.8, 4) is 5.75 Å². The third kappa shape index (κ3) is 5.59. The molecule has 0 atom stereocenters. The molecule has 2 rings (SSSR count). The van der Waals surface area contributed by atoms with Gasteiger partial charge in [0.1, 0.15) is 19.0 Å². The van der Waals surface area contributed by atoms with Gasteiger partial charge in [-0.15, -0.1) is 0 Å². The van der Waals surface area contributed by atoms with Crippen molar-refractivity contribution < 1.29 is 19.1 Å². The molecule has 0 radical (unpaired) electrons. The van der Waals surface area contributed by atoms with Gasteiger partial charge in [-0.1, -0.05) is 27.7 Å². The lowest BCUT2D eigenvalue weighted by atomic mass is 10.3. The molecule has 7 heteroatoms. The Morgan fingerprint density at radius 3 is 2.71 bits per heavy atom. The molecule has 1 aliphatic rings. The van der Waals surface area contributed by atoms with E-state index in [0.717, 1.165) is 16.0 Å². The number of ether oxygens (including phenoxy) is 2. The SMILES string of the molecule is O=C(CCN1CCSC1=O)OCCOc1ccc(Br)cc1. The van der Waals surface area contributed by atoms with E-state index in [-0.39, 0.29) is 24.2 Å². The summed E-state index contributed by atoms with van der Waals surface area (Å²) in [6.45, 7) is 1.66. The van der Waals surface area contributed by atoms with Gasteiger partial charge in [0, 0.05) is 23.3 Å². The molecule has 0 N–H and O–H groups in total. The highest BCUT2D eigenvalue weighted by atomic mass is 79.9. The Morgan fingerprint density at radius 2 is 2.05 bits per heavy atom. The smallest absolute Gasteiger partial charge is 0.307 e. The molecule has 1 amide bonds. The van der Waals surface area contributed by atoms with Crippen LogP contribution in [0.5, 0.6) is 5.75 Å². The standard InChI is InChI=1S/C14H16BrNO4S/c15-11-1-3-12(4-2-11)19-8-9-20-13(17)5-6-16-7-10-21-14(16)18/h1-4H,5-10H2. The monoisotopic (exact) mass is 373 g/mol. The van der Waals surface area contributed by atoms with Gasteiger partial charge in [0.2, 0.25) is 0 Å². The molecule has 0 aromatic heterocycles. The summed E-state index contributed by atoms with van der Waals surface area (Å²) < 4.78 is 11.5. The lowest BCUT2D eigenvalue weighted by Crippen LogP contribution is -2.27. The van der Waals surface area contributed by atoms with Crippen LogP contribution in [-0.4, -0.2) is 48.2 Å². The molecule has 0 saturated carbocycles. The lowest BCUT2D eigenvalue weighted by molar-refractivity contribution is -0.144. The van der Waals surface area contributed by atoms with Crippen LogP contribution >= 0.6 is 27.7 Å². The summed E-state index contributed by atoms with van der Waals surface area (Å²) >= 11 is 4.63. The number of hydrogen-bond donors (Lipinski definition) is 0. The fraction of sp³-hybridized carbons (Fsp3) is 0.429. The zero-order valence-corrected chi connectivity index (χ0v) is 13.8. The zero-order valence-electron chi connectivity index (χ0n) is 11.4. The normalized spacial score (nSPS) is 14.3. The molecule has 5 nitrogen and oxygen atoms in total. The van der Waals surface area contributed by atoms with E-state index < -0.39 is 0 Å². The number of esters is 1. The number of thioether (sulfide) groups is 1. The summed E-state index contributed by atoms with van der Waals surface area (Å²) in [5.41, 5.74) is 0. The van der Waals surface area contributed by atoms with Crippen molar-refractivity contribution in [1.82, 2.24) is 4.90 Å². The second kappa shape index (κ2) is 8.29. The Kier molecular flexibility index (Phi) is 6.38. The van der Waals surface area contributed by atoms with Crippen LogP contribution < -0.4 is 4.74 Å². The fourth-order valence-corrected chi connectivity index (χ4v) is 2.89. The van der Waals surface area contributed by atoms with Crippen LogP contribution in [0, 0.1) is 0 Å². The lowest BCUT2D eigenvalue weighted by Gasteiger charge is -2.13. The van der Waals surface area contributed by atoms with Crippen molar-refractivity contribution >= 4 is 38.9 Å². The van der Waals surface area contributed by atoms with Gasteiger partial charge >= 0.3 is 5.97 Å². The van der Waals surface area contributed by atoms with Crippen molar-refractivity contribution in [2.45, 2.75) is 6.42 Å². The van der Waals surface area contributed by atoms with Crippen molar-refractivity contribution in [2.75, 3.05) is 32.1 Å². The molecule has 1 fully saturated rings. The van der Waals surface area contributed by atoms with Gasteiger partial charge in [-0.05, 0) is 24.3 Å². The van der Waals surface area contributed by atoms with Gasteiger partial charge in [-0.2, -0.15) is 0 Å². The predicted molar refractivity (Wildman–Crippen MR) is 84.6 cm³/mol. The Hall–Kier alpha value is -1.21. The highest BCUT2D eigenvalue weighted by molar-refractivity contribution is 9.10. The van der Waals surface area contributed by atoms with Crippen LogP contribution in [0.3, 0.4) is 0 Å². The van der Waals surface area contributed by atoms with E-state index in [1.807, 2.05) is 24.3 Å². The van der Waals surface area contributed by atoms with Crippen molar-refractivity contribution in [3.05, 3.63) is 28.7 Å². The van der Waals surface area contributed by atoms with Gasteiger partial charge < -0.3 is 14.4 Å². The molecule has 0 aliphatic carbocycles. The molecule has 1 aromatic carbocycles. The number of carbonyl (C=O) groups is 2. The summed E-state index contributed by atoms with van der Waals surface area (Å²) in [5.74, 6) is 1.22. The van der Waals surface area contributed by atoms with Crippen LogP contribution in [0.1, 0.15) is 6.42 Å². The topological polar surface area (TPSA) is 55.8 Å². The van der Waals surface area contributed by atoms with Crippen LogP contribution in [-0.2, 0) is 9.53 Å². The predicted octanol–water partition coefficient (Wildman–Crippen LogP) is 2.93.